The molecule has 6 heteroatoms. The molecule has 0 saturated carbocycles. The largest absolute Gasteiger partial charge is 0.328 e. The lowest BCUT2D eigenvalue weighted by Gasteiger charge is -2.06. The number of carbonyl (C=O) groups excluding carboxylic acids is 1. The Hall–Kier alpha value is -2.14. The summed E-state index contributed by atoms with van der Waals surface area (Å²) in [7, 11) is 0. The molecule has 2 aromatic rings. The van der Waals surface area contributed by atoms with Gasteiger partial charge in [0.25, 0.3) is 5.56 Å². The van der Waals surface area contributed by atoms with E-state index in [-0.39, 0.29) is 12.3 Å². The Labute approximate surface area is 113 Å². The van der Waals surface area contributed by atoms with E-state index in [0.717, 1.165) is 4.57 Å². The van der Waals surface area contributed by atoms with Crippen LogP contribution in [0.2, 0.25) is 5.02 Å². The maximum absolute atomic E-state index is 12.0. The van der Waals surface area contributed by atoms with E-state index in [1.807, 2.05) is 0 Å². The highest BCUT2D eigenvalue weighted by molar-refractivity contribution is 6.33. The smallest absolute Gasteiger partial charge is 0.293 e. The van der Waals surface area contributed by atoms with E-state index < -0.39 is 11.2 Å². The summed E-state index contributed by atoms with van der Waals surface area (Å²) in [6.45, 7) is 1.40. The molecular weight excluding hydrogens is 268 g/mol. The van der Waals surface area contributed by atoms with E-state index in [1.54, 1.807) is 31.2 Å². The number of benzene rings is 1. The van der Waals surface area contributed by atoms with Crippen LogP contribution in [0.4, 0.5) is 0 Å². The van der Waals surface area contributed by atoms with Crippen LogP contribution >= 0.6 is 11.6 Å². The second-order valence-electron chi connectivity index (χ2n) is 4.10. The molecule has 1 N–H and O–H groups in total. The summed E-state index contributed by atoms with van der Waals surface area (Å²) in [6, 6.07) is 6.61. The van der Waals surface area contributed by atoms with Crippen LogP contribution in [-0.4, -0.2) is 15.3 Å². The zero-order valence-corrected chi connectivity index (χ0v) is 10.9. The first kappa shape index (κ1) is 13.3. The van der Waals surface area contributed by atoms with E-state index in [4.69, 9.17) is 11.6 Å². The van der Waals surface area contributed by atoms with Gasteiger partial charge in [0.15, 0.2) is 5.78 Å². The zero-order chi connectivity index (χ0) is 14.0. The third-order valence-corrected chi connectivity index (χ3v) is 3.01. The van der Waals surface area contributed by atoms with Crippen molar-refractivity contribution in [3.8, 4) is 0 Å². The van der Waals surface area contributed by atoms with E-state index in [2.05, 4.69) is 4.98 Å². The van der Waals surface area contributed by atoms with Gasteiger partial charge in [0.2, 0.25) is 0 Å². The number of H-pyrrole nitrogens is 1. The molecule has 98 valence electrons. The van der Waals surface area contributed by atoms with Crippen LogP contribution in [0.15, 0.2) is 40.1 Å². The molecule has 0 spiro atoms. The van der Waals surface area contributed by atoms with Crippen LogP contribution < -0.4 is 11.2 Å². The summed E-state index contributed by atoms with van der Waals surface area (Å²) in [4.78, 5) is 37.0. The van der Waals surface area contributed by atoms with Gasteiger partial charge < -0.3 is 0 Å². The second kappa shape index (κ2) is 5.24. The van der Waals surface area contributed by atoms with Gasteiger partial charge in [0.1, 0.15) is 0 Å². The zero-order valence-electron chi connectivity index (χ0n) is 10.1. The van der Waals surface area contributed by atoms with Gasteiger partial charge in [0.05, 0.1) is 11.6 Å². The van der Waals surface area contributed by atoms with Crippen molar-refractivity contribution in [2.24, 2.45) is 0 Å². The molecule has 1 heterocycles. The summed E-state index contributed by atoms with van der Waals surface area (Å²) in [5.74, 6) is -0.292. The van der Waals surface area contributed by atoms with Crippen LogP contribution in [0, 0.1) is 6.92 Å². The number of nitrogens with zero attached hydrogens (tertiary/aromatic N) is 1. The summed E-state index contributed by atoms with van der Waals surface area (Å²) >= 11 is 5.92. The predicted molar refractivity (Wildman–Crippen MR) is 71.8 cm³/mol. The first-order valence-electron chi connectivity index (χ1n) is 5.57. The van der Waals surface area contributed by atoms with Gasteiger partial charge in [-0.15, -0.1) is 0 Å². The van der Waals surface area contributed by atoms with Crippen molar-refractivity contribution in [1.29, 1.82) is 0 Å². The average Bonchev–Trinajstić information content (AvgIpc) is 2.36. The van der Waals surface area contributed by atoms with Gasteiger partial charge in [-0.25, -0.2) is 4.79 Å². The number of aromatic nitrogens is 2. The Morgan fingerprint density at radius 1 is 1.32 bits per heavy atom. The molecule has 5 nitrogen and oxygen atoms in total. The quantitative estimate of drug-likeness (QED) is 0.862. The van der Waals surface area contributed by atoms with Crippen molar-refractivity contribution >= 4 is 17.4 Å². The summed E-state index contributed by atoms with van der Waals surface area (Å²) in [5, 5.41) is 0.335. The molecule has 0 bridgehead atoms. The molecule has 2 rings (SSSR count). The number of carbonyl (C=O) groups is 1. The van der Waals surface area contributed by atoms with Crippen LogP contribution in [-0.2, 0) is 6.54 Å². The average molecular weight is 279 g/mol. The minimum atomic E-state index is -0.615. The Balaban J connectivity index is 2.35. The fourth-order valence-electron chi connectivity index (χ4n) is 1.66. The normalized spacial score (nSPS) is 10.4. The lowest BCUT2D eigenvalue weighted by molar-refractivity contribution is 0.0970. The minimum Gasteiger partial charge on any atom is -0.293 e. The van der Waals surface area contributed by atoms with E-state index in [1.165, 1.54) is 6.20 Å². The van der Waals surface area contributed by atoms with Crippen molar-refractivity contribution in [3.63, 3.8) is 0 Å². The number of rotatable bonds is 3. The first-order valence-corrected chi connectivity index (χ1v) is 5.95. The van der Waals surface area contributed by atoms with Crippen LogP contribution in [0.3, 0.4) is 0 Å². The highest BCUT2D eigenvalue weighted by Gasteiger charge is 2.11. The van der Waals surface area contributed by atoms with Gasteiger partial charge >= 0.3 is 5.69 Å². The summed E-state index contributed by atoms with van der Waals surface area (Å²) in [5.41, 5.74) is -0.353. The molecule has 19 heavy (non-hydrogen) atoms. The highest BCUT2D eigenvalue weighted by atomic mass is 35.5. The van der Waals surface area contributed by atoms with Gasteiger partial charge in [0, 0.05) is 17.3 Å². The Morgan fingerprint density at radius 3 is 2.68 bits per heavy atom. The van der Waals surface area contributed by atoms with Crippen LogP contribution in [0.25, 0.3) is 0 Å². The number of ketones is 1. The number of hydrogen-bond acceptors (Lipinski definition) is 3. The number of aryl methyl sites for hydroxylation is 1. The molecule has 0 amide bonds. The number of aromatic amines is 1. The van der Waals surface area contributed by atoms with Crippen LogP contribution in [0.1, 0.15) is 15.9 Å². The Kier molecular flexibility index (Phi) is 3.66. The second-order valence-corrected chi connectivity index (χ2v) is 4.51. The van der Waals surface area contributed by atoms with Crippen LogP contribution in [0.5, 0.6) is 0 Å². The Bertz CT molecular complexity index is 746. The molecule has 0 aliphatic rings. The minimum absolute atomic E-state index is 0.166. The molecular formula is C13H11ClN2O3. The van der Waals surface area contributed by atoms with Crippen molar-refractivity contribution in [2.45, 2.75) is 13.5 Å². The van der Waals surface area contributed by atoms with Gasteiger partial charge in [-0.1, -0.05) is 23.7 Å². The van der Waals surface area contributed by atoms with Gasteiger partial charge in [-0.2, -0.15) is 0 Å². The summed E-state index contributed by atoms with van der Waals surface area (Å²) in [6.07, 6.45) is 1.36. The lowest BCUT2D eigenvalue weighted by atomic mass is 10.1. The Morgan fingerprint density at radius 2 is 2.00 bits per heavy atom. The molecule has 0 fully saturated rings. The number of halogens is 1. The lowest BCUT2D eigenvalue weighted by Crippen LogP contribution is -2.32. The standard InChI is InChI=1S/C13H11ClN2O3/c1-8-6-16(13(19)15-12(8)18)7-11(17)9-4-2-3-5-10(9)14/h2-6H,7H2,1H3,(H,15,18,19). The maximum Gasteiger partial charge on any atom is 0.328 e. The first-order chi connectivity index (χ1) is 8.99. The molecule has 0 saturated heterocycles. The molecule has 1 aromatic heterocycles. The molecule has 0 atom stereocenters. The van der Waals surface area contributed by atoms with Crippen molar-refractivity contribution in [2.75, 3.05) is 0 Å². The third-order valence-electron chi connectivity index (χ3n) is 2.68. The molecule has 0 unspecified atom stereocenters. The molecule has 0 radical (unpaired) electrons. The molecule has 0 aliphatic carbocycles. The van der Waals surface area contributed by atoms with Crippen molar-refractivity contribution < 1.29 is 4.79 Å². The fraction of sp³-hybridized carbons (Fsp3) is 0.154. The maximum atomic E-state index is 12.0. The van der Waals surface area contributed by atoms with E-state index in [0.29, 0.717) is 16.1 Å². The predicted octanol–water partition coefficient (Wildman–Crippen LogP) is 1.38. The SMILES string of the molecule is Cc1cn(CC(=O)c2ccccc2Cl)c(=O)[nH]c1=O. The number of Topliss-reactive ketones (excluding diaryl/α,β-unsaturated/α-hetero) is 1. The summed E-state index contributed by atoms with van der Waals surface area (Å²) < 4.78 is 1.16. The van der Waals surface area contributed by atoms with E-state index >= 15 is 0 Å². The fourth-order valence-corrected chi connectivity index (χ4v) is 1.90. The topological polar surface area (TPSA) is 71.9 Å². The monoisotopic (exact) mass is 278 g/mol. The van der Waals surface area contributed by atoms with Crippen molar-refractivity contribution in [1.82, 2.24) is 9.55 Å². The van der Waals surface area contributed by atoms with E-state index in [9.17, 15) is 14.4 Å². The molecule has 1 aromatic carbocycles. The molecule has 0 aliphatic heterocycles. The van der Waals surface area contributed by atoms with Gasteiger partial charge in [-0.3, -0.25) is 19.1 Å². The van der Waals surface area contributed by atoms with Crippen molar-refractivity contribution in [3.05, 3.63) is 67.4 Å². The third kappa shape index (κ3) is 2.82. The van der Waals surface area contributed by atoms with Gasteiger partial charge in [-0.05, 0) is 19.1 Å². The number of hydrogen-bond donors (Lipinski definition) is 1. The number of nitrogens with one attached hydrogen (secondary N) is 1. The highest BCUT2D eigenvalue weighted by Crippen LogP contribution is 2.15.